The molecule has 0 N–H and O–H groups in total. The highest BCUT2D eigenvalue weighted by Gasteiger charge is 2.26. The molecule has 1 unspecified atom stereocenters. The van der Waals surface area contributed by atoms with E-state index in [4.69, 9.17) is 4.74 Å². The van der Waals surface area contributed by atoms with E-state index in [1.807, 2.05) is 25.5 Å². The quantitative estimate of drug-likeness (QED) is 0.575. The van der Waals surface area contributed by atoms with Gasteiger partial charge in [0.1, 0.15) is 11.3 Å². The standard InChI is InChI=1S/C18H22BrN5O3S/c1-22-10-15(7-20-22)14-6-17(18-16(19)8-21-24(18)11-14)27-12-13-4-3-5-23(9-13)28(2,25)26/h6-8,10-11,13H,3-5,9,12H2,1-2H3. The van der Waals surface area contributed by atoms with E-state index in [0.29, 0.717) is 25.4 Å². The Hall–Kier alpha value is -1.91. The highest BCUT2D eigenvalue weighted by Crippen LogP contribution is 2.33. The van der Waals surface area contributed by atoms with Gasteiger partial charge in [0.15, 0.2) is 0 Å². The molecule has 3 aromatic heterocycles. The summed E-state index contributed by atoms with van der Waals surface area (Å²) in [6, 6.07) is 1.98. The molecule has 0 spiro atoms. The van der Waals surface area contributed by atoms with Gasteiger partial charge in [0, 0.05) is 49.6 Å². The van der Waals surface area contributed by atoms with E-state index in [-0.39, 0.29) is 5.92 Å². The van der Waals surface area contributed by atoms with Gasteiger partial charge in [-0.25, -0.2) is 17.2 Å². The number of rotatable bonds is 5. The van der Waals surface area contributed by atoms with Crippen LogP contribution < -0.4 is 4.74 Å². The minimum absolute atomic E-state index is 0.160. The molecule has 0 aliphatic carbocycles. The maximum Gasteiger partial charge on any atom is 0.211 e. The van der Waals surface area contributed by atoms with Crippen LogP contribution in [-0.4, -0.2) is 58.1 Å². The molecule has 3 aromatic rings. The Labute approximate surface area is 172 Å². The number of pyridine rings is 1. The number of aryl methyl sites for hydroxylation is 1. The first kappa shape index (κ1) is 19.4. The summed E-state index contributed by atoms with van der Waals surface area (Å²) in [7, 11) is -1.29. The fourth-order valence-electron chi connectivity index (χ4n) is 3.56. The van der Waals surface area contributed by atoms with Crippen molar-refractivity contribution in [2.24, 2.45) is 13.0 Å². The summed E-state index contributed by atoms with van der Waals surface area (Å²) in [6.07, 6.45) is 10.5. The number of ether oxygens (including phenoxy) is 1. The lowest BCUT2D eigenvalue weighted by molar-refractivity contribution is 0.181. The van der Waals surface area contributed by atoms with Gasteiger partial charge >= 0.3 is 0 Å². The van der Waals surface area contributed by atoms with E-state index in [2.05, 4.69) is 26.1 Å². The first-order valence-electron chi connectivity index (χ1n) is 9.05. The Kier molecular flexibility index (Phi) is 5.19. The van der Waals surface area contributed by atoms with Gasteiger partial charge < -0.3 is 4.74 Å². The van der Waals surface area contributed by atoms with Crippen LogP contribution in [0.1, 0.15) is 12.8 Å². The maximum atomic E-state index is 11.9. The average Bonchev–Trinajstić information content (AvgIpc) is 3.25. The summed E-state index contributed by atoms with van der Waals surface area (Å²) >= 11 is 3.54. The van der Waals surface area contributed by atoms with Crippen LogP contribution in [0.2, 0.25) is 0 Å². The molecule has 1 aliphatic heterocycles. The second-order valence-corrected chi connectivity index (χ2v) is 10.1. The summed E-state index contributed by atoms with van der Waals surface area (Å²) < 4.78 is 35.8. The SMILES string of the molecule is Cn1cc(-c2cc(OCC3CCCN(S(C)(=O)=O)C3)c3c(Br)cnn3c2)cn1. The van der Waals surface area contributed by atoms with Crippen LogP contribution in [0.3, 0.4) is 0 Å². The number of nitrogens with zero attached hydrogens (tertiary/aromatic N) is 5. The van der Waals surface area contributed by atoms with Gasteiger partial charge in [-0.3, -0.25) is 4.68 Å². The lowest BCUT2D eigenvalue weighted by Crippen LogP contribution is -2.40. The molecule has 1 saturated heterocycles. The first-order chi connectivity index (χ1) is 13.3. The molecule has 0 saturated carbocycles. The predicted octanol–water partition coefficient (Wildman–Crippen LogP) is 2.55. The molecule has 0 bridgehead atoms. The Morgan fingerprint density at radius 3 is 2.79 bits per heavy atom. The molecule has 28 heavy (non-hydrogen) atoms. The second kappa shape index (κ2) is 7.49. The van der Waals surface area contributed by atoms with Crippen LogP contribution >= 0.6 is 15.9 Å². The highest BCUT2D eigenvalue weighted by molar-refractivity contribution is 9.10. The zero-order valence-electron chi connectivity index (χ0n) is 15.7. The molecule has 8 nitrogen and oxygen atoms in total. The lowest BCUT2D eigenvalue weighted by atomic mass is 10.0. The van der Waals surface area contributed by atoms with Gasteiger partial charge in [-0.2, -0.15) is 10.2 Å². The molecule has 1 fully saturated rings. The number of piperidine rings is 1. The number of halogens is 1. The topological polar surface area (TPSA) is 81.7 Å². The molecule has 0 aromatic carbocycles. The van der Waals surface area contributed by atoms with Crippen molar-refractivity contribution < 1.29 is 13.2 Å². The lowest BCUT2D eigenvalue weighted by Gasteiger charge is -2.30. The van der Waals surface area contributed by atoms with Gasteiger partial charge in [-0.15, -0.1) is 0 Å². The van der Waals surface area contributed by atoms with Crippen molar-refractivity contribution in [2.45, 2.75) is 12.8 Å². The second-order valence-electron chi connectivity index (χ2n) is 7.22. The van der Waals surface area contributed by atoms with Crippen LogP contribution in [0.4, 0.5) is 0 Å². The van der Waals surface area contributed by atoms with E-state index < -0.39 is 10.0 Å². The van der Waals surface area contributed by atoms with Crippen molar-refractivity contribution >= 4 is 31.5 Å². The number of hydrogen-bond acceptors (Lipinski definition) is 5. The first-order valence-corrected chi connectivity index (χ1v) is 11.7. The van der Waals surface area contributed by atoms with Crippen molar-refractivity contribution in [2.75, 3.05) is 26.0 Å². The summed E-state index contributed by atoms with van der Waals surface area (Å²) in [5.41, 5.74) is 2.78. The molecular weight excluding hydrogens is 446 g/mol. The number of sulfonamides is 1. The van der Waals surface area contributed by atoms with Crippen LogP contribution in [0.25, 0.3) is 16.6 Å². The van der Waals surface area contributed by atoms with Gasteiger partial charge in [-0.05, 0) is 34.8 Å². The van der Waals surface area contributed by atoms with E-state index in [1.54, 1.807) is 25.9 Å². The van der Waals surface area contributed by atoms with Crippen molar-refractivity contribution in [1.82, 2.24) is 23.7 Å². The van der Waals surface area contributed by atoms with E-state index in [0.717, 1.165) is 34.0 Å². The van der Waals surface area contributed by atoms with E-state index >= 15 is 0 Å². The Balaban J connectivity index is 1.60. The maximum absolute atomic E-state index is 11.9. The zero-order chi connectivity index (χ0) is 19.9. The van der Waals surface area contributed by atoms with Gasteiger partial charge in [-0.1, -0.05) is 0 Å². The van der Waals surface area contributed by atoms with Crippen LogP contribution in [0.15, 0.2) is 35.3 Å². The van der Waals surface area contributed by atoms with Crippen molar-refractivity contribution in [1.29, 1.82) is 0 Å². The third-order valence-corrected chi connectivity index (χ3v) is 6.85. The number of hydrogen-bond donors (Lipinski definition) is 0. The molecular formula is C18H22BrN5O3S. The average molecular weight is 468 g/mol. The Morgan fingerprint density at radius 1 is 1.25 bits per heavy atom. The molecule has 1 aliphatic rings. The summed E-state index contributed by atoms with van der Waals surface area (Å²) in [5, 5.41) is 8.62. The fraction of sp³-hybridized carbons (Fsp3) is 0.444. The van der Waals surface area contributed by atoms with Gasteiger partial charge in [0.05, 0.1) is 29.7 Å². The third kappa shape index (κ3) is 3.94. The number of aromatic nitrogens is 4. The zero-order valence-corrected chi connectivity index (χ0v) is 18.1. The van der Waals surface area contributed by atoms with Crippen LogP contribution in [0.5, 0.6) is 5.75 Å². The van der Waals surface area contributed by atoms with Crippen molar-refractivity contribution in [3.05, 3.63) is 35.3 Å². The Morgan fingerprint density at radius 2 is 2.07 bits per heavy atom. The molecule has 4 heterocycles. The third-order valence-electron chi connectivity index (χ3n) is 5.00. The molecule has 150 valence electrons. The molecule has 1 atom stereocenters. The minimum atomic E-state index is -3.17. The monoisotopic (exact) mass is 467 g/mol. The molecule has 0 radical (unpaired) electrons. The fourth-order valence-corrected chi connectivity index (χ4v) is 4.97. The van der Waals surface area contributed by atoms with E-state index in [9.17, 15) is 8.42 Å². The number of fused-ring (bicyclic) bond motifs is 1. The summed E-state index contributed by atoms with van der Waals surface area (Å²) in [5.74, 6) is 0.870. The molecule has 0 amide bonds. The van der Waals surface area contributed by atoms with Gasteiger partial charge in [0.2, 0.25) is 10.0 Å². The molecule has 4 rings (SSSR count). The largest absolute Gasteiger partial charge is 0.491 e. The van der Waals surface area contributed by atoms with E-state index in [1.165, 1.54) is 6.26 Å². The summed E-state index contributed by atoms with van der Waals surface area (Å²) in [6.45, 7) is 1.54. The predicted molar refractivity (Wildman–Crippen MR) is 110 cm³/mol. The Bertz CT molecular complexity index is 1110. The minimum Gasteiger partial charge on any atom is -0.491 e. The normalized spacial score (nSPS) is 18.6. The molecule has 10 heteroatoms. The van der Waals surface area contributed by atoms with Gasteiger partial charge in [0.25, 0.3) is 0 Å². The van der Waals surface area contributed by atoms with Crippen molar-refractivity contribution in [3.63, 3.8) is 0 Å². The highest BCUT2D eigenvalue weighted by atomic mass is 79.9. The van der Waals surface area contributed by atoms with Crippen LogP contribution in [0, 0.1) is 5.92 Å². The van der Waals surface area contributed by atoms with Crippen molar-refractivity contribution in [3.8, 4) is 16.9 Å². The summed E-state index contributed by atoms with van der Waals surface area (Å²) in [4.78, 5) is 0. The van der Waals surface area contributed by atoms with Crippen LogP contribution in [-0.2, 0) is 17.1 Å². The smallest absolute Gasteiger partial charge is 0.211 e.